The Labute approximate surface area is 202 Å². The molecule has 0 N–H and O–H groups in total. The zero-order valence-electron chi connectivity index (χ0n) is 21.6. The molecule has 0 spiro atoms. The van der Waals surface area contributed by atoms with Crippen LogP contribution in [0.1, 0.15) is 135 Å². The van der Waals surface area contributed by atoms with Crippen LogP contribution in [-0.2, 0) is 9.59 Å². The van der Waals surface area contributed by atoms with Crippen LogP contribution in [0.25, 0.3) is 0 Å². The average molecular weight is 451 g/mol. The summed E-state index contributed by atoms with van der Waals surface area (Å²) in [6.07, 6.45) is 9.51. The van der Waals surface area contributed by atoms with Gasteiger partial charge in [0.05, 0.1) is 0 Å². The van der Waals surface area contributed by atoms with Crippen molar-refractivity contribution in [3.63, 3.8) is 0 Å². The summed E-state index contributed by atoms with van der Waals surface area (Å²) in [5.41, 5.74) is 2.61. The molecule has 0 aromatic carbocycles. The molecule has 3 unspecified atom stereocenters. The van der Waals surface area contributed by atoms with Crippen molar-refractivity contribution in [3.05, 3.63) is 12.2 Å². The smallest absolute Gasteiger partial charge is 0.133 e. The van der Waals surface area contributed by atoms with Gasteiger partial charge in [0, 0.05) is 25.7 Å². The quantitative estimate of drug-likeness (QED) is 0.344. The summed E-state index contributed by atoms with van der Waals surface area (Å²) in [7, 11) is 0. The molecule has 0 bridgehead atoms. The standard InChI is InChI=1S/C10H18.2C9H16O.2CH4/c1-8-6-5-7-9(8)10(2,3)4;2*1-9(2,3)7-4-5-8(10)6-7;;/h9H,1,5-7H2,2-4H3;2*7H,4-6H2,1-3H3;2*1H4. The molecule has 0 aromatic heterocycles. The van der Waals surface area contributed by atoms with E-state index in [4.69, 9.17) is 0 Å². The van der Waals surface area contributed by atoms with E-state index in [9.17, 15) is 9.59 Å². The van der Waals surface area contributed by atoms with E-state index in [0.717, 1.165) is 44.4 Å². The second-order valence-corrected chi connectivity index (χ2v) is 13.2. The molecule has 3 atom stereocenters. The Hall–Kier alpha value is -0.920. The van der Waals surface area contributed by atoms with Gasteiger partial charge >= 0.3 is 0 Å². The summed E-state index contributed by atoms with van der Waals surface area (Å²) in [6.45, 7) is 24.4. The van der Waals surface area contributed by atoms with E-state index >= 15 is 0 Å². The second-order valence-electron chi connectivity index (χ2n) is 13.2. The molecule has 0 heterocycles. The van der Waals surface area contributed by atoms with Crippen LogP contribution in [0.15, 0.2) is 12.2 Å². The van der Waals surface area contributed by atoms with Gasteiger partial charge in [-0.2, -0.15) is 0 Å². The van der Waals surface area contributed by atoms with Crippen LogP contribution < -0.4 is 0 Å². The predicted octanol–water partition coefficient (Wildman–Crippen LogP) is 9.46. The van der Waals surface area contributed by atoms with Crippen molar-refractivity contribution in [1.29, 1.82) is 0 Å². The van der Waals surface area contributed by atoms with Crippen molar-refractivity contribution in [2.45, 2.75) is 135 Å². The number of ketones is 2. The second kappa shape index (κ2) is 13.1. The predicted molar refractivity (Wildman–Crippen MR) is 143 cm³/mol. The monoisotopic (exact) mass is 450 g/mol. The SMILES string of the molecule is C.C.C=C1CCCC1C(C)(C)C.CC(C)(C)C1CCC(=O)C1.CC(C)(C)C1CCC(=O)C1. The van der Waals surface area contributed by atoms with E-state index in [1.807, 2.05) is 0 Å². The number of rotatable bonds is 0. The van der Waals surface area contributed by atoms with Crippen LogP contribution in [-0.4, -0.2) is 11.6 Å². The van der Waals surface area contributed by atoms with Crippen LogP contribution in [0.5, 0.6) is 0 Å². The van der Waals surface area contributed by atoms with Crippen molar-refractivity contribution in [2.75, 3.05) is 0 Å². The molecule has 3 aliphatic rings. The van der Waals surface area contributed by atoms with Gasteiger partial charge < -0.3 is 0 Å². The van der Waals surface area contributed by atoms with Gasteiger partial charge in [-0.15, -0.1) is 0 Å². The van der Waals surface area contributed by atoms with Gasteiger partial charge in [0.25, 0.3) is 0 Å². The van der Waals surface area contributed by atoms with Crippen molar-refractivity contribution in [2.24, 2.45) is 34.0 Å². The molecule has 190 valence electrons. The Balaban J connectivity index is 0. The summed E-state index contributed by atoms with van der Waals surface area (Å²) in [5, 5.41) is 0. The van der Waals surface area contributed by atoms with Crippen molar-refractivity contribution in [1.82, 2.24) is 0 Å². The number of Topliss-reactive ketones (excluding diaryl/α,β-unsaturated/α-hetero) is 2. The summed E-state index contributed by atoms with van der Waals surface area (Å²) < 4.78 is 0. The highest BCUT2D eigenvalue weighted by Crippen LogP contribution is 2.42. The Morgan fingerprint density at radius 1 is 0.625 bits per heavy atom. The van der Waals surface area contributed by atoms with E-state index in [1.165, 1.54) is 24.8 Å². The fourth-order valence-corrected chi connectivity index (χ4v) is 5.06. The minimum atomic E-state index is 0. The average Bonchev–Trinajstić information content (AvgIpc) is 3.27. The van der Waals surface area contributed by atoms with Gasteiger partial charge in [0.15, 0.2) is 0 Å². The third-order valence-corrected chi connectivity index (χ3v) is 7.47. The molecule has 0 amide bonds. The topological polar surface area (TPSA) is 34.1 Å². The minimum Gasteiger partial charge on any atom is -0.300 e. The van der Waals surface area contributed by atoms with Gasteiger partial charge in [-0.3, -0.25) is 9.59 Å². The molecule has 3 rings (SSSR count). The molecular weight excluding hydrogens is 392 g/mol. The van der Waals surface area contributed by atoms with E-state index in [2.05, 4.69) is 68.9 Å². The molecule has 3 saturated carbocycles. The van der Waals surface area contributed by atoms with E-state index in [-0.39, 0.29) is 14.9 Å². The molecule has 0 aliphatic heterocycles. The lowest BCUT2D eigenvalue weighted by atomic mass is 9.78. The van der Waals surface area contributed by atoms with E-state index < -0.39 is 0 Å². The first-order chi connectivity index (χ1) is 13.5. The lowest BCUT2D eigenvalue weighted by Gasteiger charge is -2.27. The first-order valence-corrected chi connectivity index (χ1v) is 12.2. The maximum atomic E-state index is 10.9. The Kier molecular flexibility index (Phi) is 13.6. The molecule has 3 fully saturated rings. The molecule has 2 nitrogen and oxygen atoms in total. The summed E-state index contributed by atoms with van der Waals surface area (Å²) >= 11 is 0. The van der Waals surface area contributed by atoms with Crippen LogP contribution in [0.2, 0.25) is 0 Å². The fraction of sp³-hybridized carbons (Fsp3) is 0.867. The van der Waals surface area contributed by atoms with Crippen LogP contribution in [0.4, 0.5) is 0 Å². The first kappa shape index (κ1) is 33.3. The fourth-order valence-electron chi connectivity index (χ4n) is 5.06. The highest BCUT2D eigenvalue weighted by Gasteiger charge is 2.32. The molecule has 0 saturated heterocycles. The van der Waals surface area contributed by atoms with Crippen LogP contribution in [0.3, 0.4) is 0 Å². The minimum absolute atomic E-state index is 0. The lowest BCUT2D eigenvalue weighted by Crippen LogP contribution is -2.18. The summed E-state index contributed by atoms with van der Waals surface area (Å²) in [6, 6.07) is 0. The Bertz CT molecular complexity index is 556. The van der Waals surface area contributed by atoms with Crippen LogP contribution in [0, 0.1) is 34.0 Å². The largest absolute Gasteiger partial charge is 0.300 e. The molecule has 32 heavy (non-hydrogen) atoms. The van der Waals surface area contributed by atoms with Crippen molar-refractivity contribution < 1.29 is 9.59 Å². The number of hydrogen-bond acceptors (Lipinski definition) is 2. The van der Waals surface area contributed by atoms with Gasteiger partial charge in [-0.25, -0.2) is 0 Å². The third kappa shape index (κ3) is 11.3. The normalized spacial score (nSPS) is 25.8. The lowest BCUT2D eigenvalue weighted by molar-refractivity contribution is -0.118. The molecule has 0 aromatic rings. The highest BCUT2D eigenvalue weighted by molar-refractivity contribution is 5.81. The maximum absolute atomic E-state index is 10.9. The zero-order chi connectivity index (χ0) is 23.3. The van der Waals surface area contributed by atoms with Gasteiger partial charge in [0.1, 0.15) is 11.6 Å². The summed E-state index contributed by atoms with van der Waals surface area (Å²) in [4.78, 5) is 21.8. The van der Waals surface area contributed by atoms with Gasteiger partial charge in [-0.1, -0.05) is 89.3 Å². The van der Waals surface area contributed by atoms with Gasteiger partial charge in [0.2, 0.25) is 0 Å². The first-order valence-electron chi connectivity index (χ1n) is 12.2. The number of carbonyl (C=O) groups excluding carboxylic acids is 2. The number of carbonyl (C=O) groups is 2. The van der Waals surface area contributed by atoms with E-state index in [1.54, 1.807) is 0 Å². The third-order valence-electron chi connectivity index (χ3n) is 7.47. The number of allylic oxidation sites excluding steroid dienone is 1. The van der Waals surface area contributed by atoms with Crippen molar-refractivity contribution >= 4 is 11.6 Å². The molecule has 0 radical (unpaired) electrons. The Morgan fingerprint density at radius 3 is 1.12 bits per heavy atom. The number of hydrogen-bond donors (Lipinski definition) is 0. The Morgan fingerprint density at radius 2 is 1.00 bits per heavy atom. The van der Waals surface area contributed by atoms with E-state index in [0.29, 0.717) is 39.6 Å². The zero-order valence-corrected chi connectivity index (χ0v) is 21.6. The molecule has 2 heteroatoms. The van der Waals surface area contributed by atoms with Crippen molar-refractivity contribution in [3.8, 4) is 0 Å². The van der Waals surface area contributed by atoms with Gasteiger partial charge in [-0.05, 0) is 66.1 Å². The highest BCUT2D eigenvalue weighted by atomic mass is 16.1. The maximum Gasteiger partial charge on any atom is 0.133 e. The molecular formula is C30H58O2. The molecule has 3 aliphatic carbocycles. The van der Waals surface area contributed by atoms with Crippen LogP contribution >= 0.6 is 0 Å². The summed E-state index contributed by atoms with van der Waals surface area (Å²) in [5.74, 6) is 2.98.